The van der Waals surface area contributed by atoms with Gasteiger partial charge in [0.25, 0.3) is 5.91 Å². The lowest BCUT2D eigenvalue weighted by Gasteiger charge is -2.14. The molecular weight excluding hydrogens is 220 g/mol. The van der Waals surface area contributed by atoms with Gasteiger partial charge in [0.05, 0.1) is 6.54 Å². The molecule has 0 atom stereocenters. The number of benzene rings is 1. The van der Waals surface area contributed by atoms with Crippen molar-refractivity contribution in [2.75, 3.05) is 20.1 Å². The molecule has 1 aromatic carbocycles. The summed E-state index contributed by atoms with van der Waals surface area (Å²) < 4.78 is 0. The molecule has 0 aliphatic heterocycles. The smallest absolute Gasteiger partial charge is 0.251 e. The fourth-order valence-corrected chi connectivity index (χ4v) is 1.18. The largest absolute Gasteiger partial charge is 0.508 e. The summed E-state index contributed by atoms with van der Waals surface area (Å²) in [5.74, 6) is -0.370. The molecule has 0 fully saturated rings. The second-order valence-electron chi connectivity index (χ2n) is 3.64. The van der Waals surface area contributed by atoms with Crippen LogP contribution in [0.1, 0.15) is 17.3 Å². The quantitative estimate of drug-likeness (QED) is 0.804. The van der Waals surface area contributed by atoms with Gasteiger partial charge in [-0.05, 0) is 31.2 Å². The number of rotatable bonds is 4. The molecule has 2 N–H and O–H groups in total. The molecule has 17 heavy (non-hydrogen) atoms. The van der Waals surface area contributed by atoms with Gasteiger partial charge in [0, 0.05) is 19.2 Å². The highest BCUT2D eigenvalue weighted by Crippen LogP contribution is 2.09. The van der Waals surface area contributed by atoms with Crippen LogP contribution in [0.3, 0.4) is 0 Å². The number of nitrogens with zero attached hydrogens (tertiary/aromatic N) is 1. The summed E-state index contributed by atoms with van der Waals surface area (Å²) in [5, 5.41) is 11.6. The van der Waals surface area contributed by atoms with Gasteiger partial charge in [0.1, 0.15) is 5.75 Å². The average Bonchev–Trinajstić information content (AvgIpc) is 2.35. The molecule has 0 aliphatic rings. The van der Waals surface area contributed by atoms with Crippen molar-refractivity contribution in [2.45, 2.75) is 6.92 Å². The second-order valence-corrected chi connectivity index (χ2v) is 3.64. The number of hydrogen-bond acceptors (Lipinski definition) is 3. The van der Waals surface area contributed by atoms with E-state index in [1.165, 1.54) is 29.2 Å². The molecule has 92 valence electrons. The van der Waals surface area contributed by atoms with Crippen LogP contribution in [-0.2, 0) is 4.79 Å². The molecule has 0 saturated heterocycles. The van der Waals surface area contributed by atoms with Gasteiger partial charge in [-0.15, -0.1) is 0 Å². The highest BCUT2D eigenvalue weighted by Gasteiger charge is 2.10. The predicted molar refractivity (Wildman–Crippen MR) is 63.8 cm³/mol. The number of carbonyl (C=O) groups excluding carboxylic acids is 2. The van der Waals surface area contributed by atoms with E-state index < -0.39 is 0 Å². The Labute approximate surface area is 100 Å². The van der Waals surface area contributed by atoms with Crippen LogP contribution in [0.15, 0.2) is 24.3 Å². The fourth-order valence-electron chi connectivity index (χ4n) is 1.18. The Morgan fingerprint density at radius 1 is 1.29 bits per heavy atom. The van der Waals surface area contributed by atoms with Crippen LogP contribution < -0.4 is 5.32 Å². The normalized spacial score (nSPS) is 9.76. The molecule has 0 spiro atoms. The Bertz CT molecular complexity index is 401. The van der Waals surface area contributed by atoms with Gasteiger partial charge in [0.2, 0.25) is 5.91 Å². The molecule has 1 rings (SSSR count). The third-order valence-electron chi connectivity index (χ3n) is 2.43. The fraction of sp³-hybridized carbons (Fsp3) is 0.333. The Morgan fingerprint density at radius 2 is 1.88 bits per heavy atom. The van der Waals surface area contributed by atoms with Gasteiger partial charge in [-0.2, -0.15) is 0 Å². The summed E-state index contributed by atoms with van der Waals surface area (Å²) in [6.45, 7) is 2.44. The molecule has 0 unspecified atom stereocenters. The molecule has 5 heteroatoms. The van der Waals surface area contributed by atoms with E-state index >= 15 is 0 Å². The summed E-state index contributed by atoms with van der Waals surface area (Å²) in [4.78, 5) is 24.6. The minimum absolute atomic E-state index is 0.0238. The summed E-state index contributed by atoms with van der Waals surface area (Å²) >= 11 is 0. The van der Waals surface area contributed by atoms with Crippen LogP contribution >= 0.6 is 0 Å². The van der Waals surface area contributed by atoms with E-state index in [2.05, 4.69) is 5.32 Å². The molecule has 0 aliphatic carbocycles. The summed E-state index contributed by atoms with van der Waals surface area (Å²) in [6.07, 6.45) is 0. The minimum Gasteiger partial charge on any atom is -0.508 e. The van der Waals surface area contributed by atoms with E-state index in [0.29, 0.717) is 12.1 Å². The molecular formula is C12H16N2O3. The van der Waals surface area contributed by atoms with Crippen LogP contribution in [0.5, 0.6) is 5.75 Å². The first-order valence-electron chi connectivity index (χ1n) is 5.35. The van der Waals surface area contributed by atoms with Gasteiger partial charge in [-0.1, -0.05) is 0 Å². The zero-order valence-electron chi connectivity index (χ0n) is 9.93. The van der Waals surface area contributed by atoms with Crippen molar-refractivity contribution in [3.05, 3.63) is 29.8 Å². The first-order valence-corrected chi connectivity index (χ1v) is 5.35. The number of carbonyl (C=O) groups is 2. The Kier molecular flexibility index (Phi) is 4.51. The van der Waals surface area contributed by atoms with E-state index in [1.54, 1.807) is 7.05 Å². The predicted octanol–water partition coefficient (Wildman–Crippen LogP) is 0.600. The van der Waals surface area contributed by atoms with E-state index in [1.807, 2.05) is 6.92 Å². The summed E-state index contributed by atoms with van der Waals surface area (Å²) in [6, 6.07) is 5.85. The molecule has 5 nitrogen and oxygen atoms in total. The van der Waals surface area contributed by atoms with Crippen LogP contribution in [0.25, 0.3) is 0 Å². The standard InChI is InChI=1S/C12H16N2O3/c1-3-14(2)11(16)8-13-12(17)9-4-6-10(15)7-5-9/h4-7,15H,3,8H2,1-2H3,(H,13,17). The first kappa shape index (κ1) is 13.0. The van der Waals surface area contributed by atoms with Crippen molar-refractivity contribution in [1.82, 2.24) is 10.2 Å². The van der Waals surface area contributed by atoms with Crippen LogP contribution in [0.4, 0.5) is 0 Å². The Morgan fingerprint density at radius 3 is 2.41 bits per heavy atom. The molecule has 0 bridgehead atoms. The van der Waals surface area contributed by atoms with Gasteiger partial charge in [-0.25, -0.2) is 0 Å². The zero-order valence-corrected chi connectivity index (χ0v) is 9.93. The number of phenolic OH excluding ortho intramolecular Hbond substituents is 1. The van der Waals surface area contributed by atoms with E-state index in [-0.39, 0.29) is 24.1 Å². The monoisotopic (exact) mass is 236 g/mol. The molecule has 0 radical (unpaired) electrons. The highest BCUT2D eigenvalue weighted by atomic mass is 16.3. The van der Waals surface area contributed by atoms with Gasteiger partial charge < -0.3 is 15.3 Å². The number of amides is 2. The van der Waals surface area contributed by atoms with Crippen molar-refractivity contribution >= 4 is 11.8 Å². The lowest BCUT2D eigenvalue weighted by Crippen LogP contribution is -2.37. The van der Waals surface area contributed by atoms with Crippen molar-refractivity contribution in [3.63, 3.8) is 0 Å². The molecule has 0 saturated carbocycles. The van der Waals surface area contributed by atoms with Crippen molar-refractivity contribution in [1.29, 1.82) is 0 Å². The maximum Gasteiger partial charge on any atom is 0.251 e. The highest BCUT2D eigenvalue weighted by molar-refractivity contribution is 5.96. The number of likely N-dealkylation sites (N-methyl/N-ethyl adjacent to an activating group) is 1. The van der Waals surface area contributed by atoms with Crippen LogP contribution in [-0.4, -0.2) is 42.0 Å². The second kappa shape index (κ2) is 5.89. The Hall–Kier alpha value is -2.04. The summed E-state index contributed by atoms with van der Waals surface area (Å²) in [5.41, 5.74) is 0.412. The van der Waals surface area contributed by atoms with E-state index in [9.17, 15) is 9.59 Å². The third kappa shape index (κ3) is 3.79. The van der Waals surface area contributed by atoms with Crippen molar-refractivity contribution in [2.24, 2.45) is 0 Å². The molecule has 2 amide bonds. The number of nitrogens with one attached hydrogen (secondary N) is 1. The van der Waals surface area contributed by atoms with E-state index in [4.69, 9.17) is 5.11 Å². The summed E-state index contributed by atoms with van der Waals surface area (Å²) in [7, 11) is 1.68. The zero-order chi connectivity index (χ0) is 12.8. The number of aromatic hydroxyl groups is 1. The van der Waals surface area contributed by atoms with Crippen molar-refractivity contribution in [3.8, 4) is 5.75 Å². The number of hydrogen-bond donors (Lipinski definition) is 2. The molecule has 0 aromatic heterocycles. The van der Waals surface area contributed by atoms with Crippen LogP contribution in [0, 0.1) is 0 Å². The first-order chi connectivity index (χ1) is 8.04. The SMILES string of the molecule is CCN(C)C(=O)CNC(=O)c1ccc(O)cc1. The lowest BCUT2D eigenvalue weighted by molar-refractivity contribution is -0.128. The third-order valence-corrected chi connectivity index (χ3v) is 2.43. The maximum absolute atomic E-state index is 11.6. The average molecular weight is 236 g/mol. The van der Waals surface area contributed by atoms with Gasteiger partial charge >= 0.3 is 0 Å². The van der Waals surface area contributed by atoms with Crippen LogP contribution in [0.2, 0.25) is 0 Å². The van der Waals surface area contributed by atoms with Gasteiger partial charge in [0.15, 0.2) is 0 Å². The lowest BCUT2D eigenvalue weighted by atomic mass is 10.2. The topological polar surface area (TPSA) is 69.6 Å². The maximum atomic E-state index is 11.6. The Balaban J connectivity index is 2.50. The van der Waals surface area contributed by atoms with Crippen molar-refractivity contribution < 1.29 is 14.7 Å². The van der Waals surface area contributed by atoms with E-state index in [0.717, 1.165) is 0 Å². The number of phenols is 1. The molecule has 0 heterocycles. The minimum atomic E-state index is -0.331. The molecule has 1 aromatic rings. The van der Waals surface area contributed by atoms with Gasteiger partial charge in [-0.3, -0.25) is 9.59 Å².